The smallest absolute Gasteiger partial charge is 0.409 e. The van der Waals surface area contributed by atoms with Crippen LogP contribution in [0.2, 0.25) is 0 Å². The average Bonchev–Trinajstić information content (AvgIpc) is 2.51. The first-order valence-corrected chi connectivity index (χ1v) is 7.63. The predicted octanol–water partition coefficient (Wildman–Crippen LogP) is 1.93. The van der Waals surface area contributed by atoms with E-state index in [1.54, 1.807) is 11.0 Å². The van der Waals surface area contributed by atoms with Crippen LogP contribution in [0.5, 0.6) is 0 Å². The fourth-order valence-corrected chi connectivity index (χ4v) is 3.03. The molecule has 1 aliphatic carbocycles. The molecule has 6 heteroatoms. The molecular weight excluding hydrogens is 286 g/mol. The summed E-state index contributed by atoms with van der Waals surface area (Å²) in [5.41, 5.74) is -0.110. The second-order valence-electron chi connectivity index (χ2n) is 6.35. The second kappa shape index (κ2) is 6.50. The van der Waals surface area contributed by atoms with E-state index in [9.17, 15) is 14.4 Å². The number of likely N-dealkylation sites (tertiary alicyclic amines) is 1. The van der Waals surface area contributed by atoms with E-state index in [-0.39, 0.29) is 24.2 Å². The van der Waals surface area contributed by atoms with E-state index >= 15 is 0 Å². The number of ketones is 1. The summed E-state index contributed by atoms with van der Waals surface area (Å²) in [6, 6.07) is 0. The molecule has 0 aromatic rings. The van der Waals surface area contributed by atoms with Crippen molar-refractivity contribution in [2.24, 2.45) is 11.3 Å². The van der Waals surface area contributed by atoms with Crippen molar-refractivity contribution in [3.8, 4) is 0 Å². The quantitative estimate of drug-likeness (QED) is 0.745. The number of piperidine rings is 1. The average molecular weight is 309 g/mol. The molecule has 1 atom stereocenters. The molecule has 1 unspecified atom stereocenters. The van der Waals surface area contributed by atoms with Gasteiger partial charge in [0.2, 0.25) is 0 Å². The van der Waals surface area contributed by atoms with Crippen LogP contribution in [-0.4, -0.2) is 49.6 Å². The molecule has 0 bridgehead atoms. The minimum atomic E-state index is -0.891. The molecule has 1 heterocycles. The minimum absolute atomic E-state index is 0.0327. The van der Waals surface area contributed by atoms with Crippen molar-refractivity contribution in [3.63, 3.8) is 0 Å². The number of nitrogens with zero attached hydrogens (tertiary/aromatic N) is 1. The Bertz CT molecular complexity index is 511. The lowest BCUT2D eigenvalue weighted by atomic mass is 9.68. The highest BCUT2D eigenvalue weighted by molar-refractivity contribution is 5.95. The Morgan fingerprint density at radius 2 is 2.09 bits per heavy atom. The van der Waals surface area contributed by atoms with Crippen LogP contribution in [0.4, 0.5) is 4.79 Å². The highest BCUT2D eigenvalue weighted by Crippen LogP contribution is 2.43. The summed E-state index contributed by atoms with van der Waals surface area (Å²) in [5, 5.41) is 0. The molecule has 1 fully saturated rings. The normalized spacial score (nSPS) is 24.6. The molecule has 0 saturated carbocycles. The lowest BCUT2D eigenvalue weighted by molar-refractivity contribution is -0.153. The third kappa shape index (κ3) is 3.15. The maximum Gasteiger partial charge on any atom is 0.409 e. The molecule has 2 aliphatic rings. The number of hydrogen-bond donors (Lipinski definition) is 0. The Kier molecular flexibility index (Phi) is 4.88. The van der Waals surface area contributed by atoms with E-state index in [0.717, 1.165) is 5.57 Å². The summed E-state index contributed by atoms with van der Waals surface area (Å²) in [5.74, 6) is -0.0935. The first-order chi connectivity index (χ1) is 10.4. The molecule has 1 aliphatic heterocycles. The van der Waals surface area contributed by atoms with Gasteiger partial charge in [-0.3, -0.25) is 9.59 Å². The monoisotopic (exact) mass is 309 g/mol. The lowest BCUT2D eigenvalue weighted by Gasteiger charge is -2.43. The van der Waals surface area contributed by atoms with Gasteiger partial charge in [0, 0.05) is 19.5 Å². The van der Waals surface area contributed by atoms with Gasteiger partial charge < -0.3 is 14.4 Å². The van der Waals surface area contributed by atoms with Crippen LogP contribution in [-0.2, 0) is 19.1 Å². The molecule has 0 radical (unpaired) electrons. The number of methoxy groups -OCH3 is 1. The van der Waals surface area contributed by atoms with E-state index in [1.165, 1.54) is 7.11 Å². The maximum atomic E-state index is 12.3. The van der Waals surface area contributed by atoms with Crippen molar-refractivity contribution in [1.29, 1.82) is 0 Å². The van der Waals surface area contributed by atoms with E-state index in [2.05, 4.69) is 0 Å². The lowest BCUT2D eigenvalue weighted by Crippen LogP contribution is -2.53. The molecule has 2 rings (SSSR count). The van der Waals surface area contributed by atoms with Gasteiger partial charge in [0.05, 0.1) is 13.7 Å². The number of amides is 1. The number of carbonyl (C=O) groups is 3. The van der Waals surface area contributed by atoms with Gasteiger partial charge in [-0.15, -0.1) is 0 Å². The van der Waals surface area contributed by atoms with Crippen molar-refractivity contribution in [2.45, 2.75) is 33.1 Å². The summed E-state index contributed by atoms with van der Waals surface area (Å²) in [6.45, 7) is 4.95. The van der Waals surface area contributed by atoms with Gasteiger partial charge in [0.25, 0.3) is 0 Å². The molecule has 1 saturated heterocycles. The second-order valence-corrected chi connectivity index (χ2v) is 6.35. The van der Waals surface area contributed by atoms with Crippen LogP contribution in [0.25, 0.3) is 0 Å². The van der Waals surface area contributed by atoms with E-state index in [1.807, 2.05) is 13.8 Å². The number of fused-ring (bicyclic) bond motifs is 1. The molecule has 1 amide bonds. The largest absolute Gasteiger partial charge is 0.468 e. The Morgan fingerprint density at radius 1 is 1.36 bits per heavy atom. The molecule has 0 aromatic carbocycles. The fraction of sp³-hybridized carbons (Fsp3) is 0.688. The molecule has 22 heavy (non-hydrogen) atoms. The number of allylic oxidation sites excluding steroid dienone is 1. The van der Waals surface area contributed by atoms with Gasteiger partial charge in [-0.05, 0) is 30.4 Å². The number of ether oxygens (including phenoxy) is 2. The Labute approximate surface area is 130 Å². The van der Waals surface area contributed by atoms with Crippen molar-refractivity contribution in [1.82, 2.24) is 4.90 Å². The zero-order valence-corrected chi connectivity index (χ0v) is 13.4. The third-order valence-electron chi connectivity index (χ3n) is 4.23. The SMILES string of the molecule is COC(=O)C12CCC(=O)C=C1CCN(C(=O)OCC(C)C)C2. The molecule has 0 N–H and O–H groups in total. The van der Waals surface area contributed by atoms with E-state index < -0.39 is 11.5 Å². The summed E-state index contributed by atoms with van der Waals surface area (Å²) in [7, 11) is 1.33. The topological polar surface area (TPSA) is 72.9 Å². The number of rotatable bonds is 3. The predicted molar refractivity (Wildman–Crippen MR) is 79.1 cm³/mol. The van der Waals surface area contributed by atoms with E-state index in [0.29, 0.717) is 32.4 Å². The Hall–Kier alpha value is -1.85. The molecule has 0 aromatic heterocycles. The highest BCUT2D eigenvalue weighted by Gasteiger charge is 2.50. The first kappa shape index (κ1) is 16.5. The summed E-state index contributed by atoms with van der Waals surface area (Å²) in [4.78, 5) is 37.6. The van der Waals surface area contributed by atoms with Crippen molar-refractivity contribution < 1.29 is 23.9 Å². The van der Waals surface area contributed by atoms with Gasteiger partial charge in [-0.2, -0.15) is 0 Å². The van der Waals surface area contributed by atoms with Crippen LogP contribution in [0.3, 0.4) is 0 Å². The van der Waals surface area contributed by atoms with Crippen LogP contribution in [0.15, 0.2) is 11.6 Å². The van der Waals surface area contributed by atoms with Crippen LogP contribution >= 0.6 is 0 Å². The van der Waals surface area contributed by atoms with Gasteiger partial charge >= 0.3 is 12.1 Å². The van der Waals surface area contributed by atoms with Gasteiger partial charge in [-0.1, -0.05) is 13.8 Å². The summed E-state index contributed by atoms with van der Waals surface area (Å²) >= 11 is 0. The van der Waals surface area contributed by atoms with Crippen LogP contribution in [0, 0.1) is 11.3 Å². The zero-order chi connectivity index (χ0) is 16.3. The molecule has 6 nitrogen and oxygen atoms in total. The standard InChI is InChI=1S/C16H23NO5/c1-11(2)9-22-15(20)17-7-5-12-8-13(18)4-6-16(12,10-17)14(19)21-3/h8,11H,4-7,9-10H2,1-3H3. The minimum Gasteiger partial charge on any atom is -0.468 e. The molecular formula is C16H23NO5. The van der Waals surface area contributed by atoms with Crippen molar-refractivity contribution in [2.75, 3.05) is 26.8 Å². The van der Waals surface area contributed by atoms with Crippen molar-refractivity contribution in [3.05, 3.63) is 11.6 Å². The molecule has 122 valence electrons. The van der Waals surface area contributed by atoms with Gasteiger partial charge in [-0.25, -0.2) is 4.79 Å². The van der Waals surface area contributed by atoms with Crippen molar-refractivity contribution >= 4 is 17.8 Å². The van der Waals surface area contributed by atoms with Gasteiger partial charge in [0.1, 0.15) is 5.41 Å². The van der Waals surface area contributed by atoms with Crippen LogP contribution < -0.4 is 0 Å². The Morgan fingerprint density at radius 3 is 2.73 bits per heavy atom. The summed E-state index contributed by atoms with van der Waals surface area (Å²) < 4.78 is 10.2. The summed E-state index contributed by atoms with van der Waals surface area (Å²) in [6.07, 6.45) is 2.33. The van der Waals surface area contributed by atoms with Crippen LogP contribution in [0.1, 0.15) is 33.1 Å². The van der Waals surface area contributed by atoms with Gasteiger partial charge in [0.15, 0.2) is 5.78 Å². The van der Waals surface area contributed by atoms with E-state index in [4.69, 9.17) is 9.47 Å². The maximum absolute atomic E-state index is 12.3. The third-order valence-corrected chi connectivity index (χ3v) is 4.23. The number of carbonyl (C=O) groups excluding carboxylic acids is 3. The first-order valence-electron chi connectivity index (χ1n) is 7.63. The number of hydrogen-bond acceptors (Lipinski definition) is 5. The Balaban J connectivity index is 2.18. The number of esters is 1. The molecule has 0 spiro atoms. The highest BCUT2D eigenvalue weighted by atomic mass is 16.6. The fourth-order valence-electron chi connectivity index (χ4n) is 3.03. The zero-order valence-electron chi connectivity index (χ0n) is 13.4.